The summed E-state index contributed by atoms with van der Waals surface area (Å²) in [6.07, 6.45) is 1.27. The highest BCUT2D eigenvalue weighted by Gasteiger charge is 2.14. The number of fused-ring (bicyclic) bond motifs is 1. The molecule has 0 aliphatic carbocycles. The van der Waals surface area contributed by atoms with Gasteiger partial charge in [0.15, 0.2) is 0 Å². The van der Waals surface area contributed by atoms with Crippen LogP contribution in [0.1, 0.15) is 22.3 Å². The Morgan fingerprint density at radius 2 is 1.54 bits per heavy atom. The molecule has 3 aromatic carbocycles. The van der Waals surface area contributed by atoms with Crippen LogP contribution in [0.4, 0.5) is 5.69 Å². The fourth-order valence-corrected chi connectivity index (χ4v) is 4.11. The molecule has 35 heavy (non-hydrogen) atoms. The van der Waals surface area contributed by atoms with Crippen molar-refractivity contribution in [2.24, 2.45) is 0 Å². The summed E-state index contributed by atoms with van der Waals surface area (Å²) < 4.78 is 12.1. The van der Waals surface area contributed by atoms with Crippen LogP contribution in [0.3, 0.4) is 0 Å². The first kappa shape index (κ1) is 24.1. The third kappa shape index (κ3) is 5.54. The number of ether oxygens (including phenoxy) is 2. The largest absolute Gasteiger partial charge is 0.497 e. The minimum Gasteiger partial charge on any atom is -0.497 e. The second-order valence-corrected chi connectivity index (χ2v) is 8.68. The Morgan fingerprint density at radius 3 is 2.23 bits per heavy atom. The third-order valence-corrected chi connectivity index (χ3v) is 6.31. The molecule has 4 rings (SSSR count). The Morgan fingerprint density at radius 1 is 0.829 bits per heavy atom. The van der Waals surface area contributed by atoms with Gasteiger partial charge in [-0.25, -0.2) is 0 Å². The highest BCUT2D eigenvalue weighted by atomic mass is 16.5. The predicted molar refractivity (Wildman–Crippen MR) is 140 cm³/mol. The number of benzene rings is 3. The fourth-order valence-electron chi connectivity index (χ4n) is 4.11. The number of anilines is 1. The van der Waals surface area contributed by atoms with Crippen molar-refractivity contribution in [1.29, 1.82) is 0 Å². The van der Waals surface area contributed by atoms with E-state index >= 15 is 0 Å². The molecule has 0 radical (unpaired) electrons. The van der Waals surface area contributed by atoms with Crippen LogP contribution in [-0.2, 0) is 24.2 Å². The first-order valence-corrected chi connectivity index (χ1v) is 11.6. The SMILES string of the molecule is COc1ccc(CCc2cc3ccc(OC)cc3n(CC(=O)Nc3ccc(C)c(C)c3)c2=O)cc1. The van der Waals surface area contributed by atoms with E-state index in [9.17, 15) is 9.59 Å². The van der Waals surface area contributed by atoms with E-state index in [1.807, 2.05) is 74.5 Å². The summed E-state index contributed by atoms with van der Waals surface area (Å²) in [6.45, 7) is 3.94. The normalized spacial score (nSPS) is 10.9. The molecule has 6 heteroatoms. The number of aryl methyl sites for hydroxylation is 4. The molecular weight excluding hydrogens is 440 g/mol. The van der Waals surface area contributed by atoms with Gasteiger partial charge in [-0.3, -0.25) is 14.2 Å². The van der Waals surface area contributed by atoms with Crippen molar-refractivity contribution >= 4 is 22.5 Å². The number of nitrogens with zero attached hydrogens (tertiary/aromatic N) is 1. The summed E-state index contributed by atoms with van der Waals surface area (Å²) in [5, 5.41) is 3.81. The Bertz CT molecular complexity index is 1420. The van der Waals surface area contributed by atoms with Gasteiger partial charge in [0.25, 0.3) is 5.56 Å². The molecule has 1 N–H and O–H groups in total. The van der Waals surface area contributed by atoms with Crippen LogP contribution >= 0.6 is 0 Å². The summed E-state index contributed by atoms with van der Waals surface area (Å²) in [5.74, 6) is 1.17. The van der Waals surface area contributed by atoms with Gasteiger partial charge in [0, 0.05) is 17.3 Å². The molecule has 180 valence electrons. The molecule has 0 saturated heterocycles. The molecule has 0 fully saturated rings. The van der Waals surface area contributed by atoms with Crippen molar-refractivity contribution in [3.05, 3.63) is 99.3 Å². The van der Waals surface area contributed by atoms with Crippen molar-refractivity contribution in [3.63, 3.8) is 0 Å². The first-order valence-electron chi connectivity index (χ1n) is 11.6. The number of hydrogen-bond donors (Lipinski definition) is 1. The second kappa shape index (κ2) is 10.5. The van der Waals surface area contributed by atoms with Crippen LogP contribution in [0.15, 0.2) is 71.5 Å². The maximum absolute atomic E-state index is 13.5. The molecule has 0 bridgehead atoms. The molecular formula is C29H30N2O4. The lowest BCUT2D eigenvalue weighted by molar-refractivity contribution is -0.116. The maximum Gasteiger partial charge on any atom is 0.254 e. The van der Waals surface area contributed by atoms with Crippen LogP contribution < -0.4 is 20.3 Å². The lowest BCUT2D eigenvalue weighted by Gasteiger charge is -2.15. The number of pyridine rings is 1. The van der Waals surface area contributed by atoms with Crippen LogP contribution in [-0.4, -0.2) is 24.7 Å². The van der Waals surface area contributed by atoms with E-state index in [1.54, 1.807) is 20.3 Å². The molecule has 0 aliphatic heterocycles. The number of aromatic nitrogens is 1. The highest BCUT2D eigenvalue weighted by molar-refractivity contribution is 5.92. The van der Waals surface area contributed by atoms with E-state index < -0.39 is 0 Å². The average molecular weight is 471 g/mol. The molecule has 6 nitrogen and oxygen atoms in total. The van der Waals surface area contributed by atoms with Gasteiger partial charge in [0.05, 0.1) is 19.7 Å². The molecule has 4 aromatic rings. The Balaban J connectivity index is 1.64. The summed E-state index contributed by atoms with van der Waals surface area (Å²) in [4.78, 5) is 26.5. The average Bonchev–Trinajstić information content (AvgIpc) is 2.87. The Kier molecular flexibility index (Phi) is 7.20. The number of methoxy groups -OCH3 is 2. The predicted octanol–water partition coefficient (Wildman–Crippen LogP) is 5.06. The van der Waals surface area contributed by atoms with Crippen LogP contribution in [0.2, 0.25) is 0 Å². The van der Waals surface area contributed by atoms with Gasteiger partial charge < -0.3 is 14.8 Å². The van der Waals surface area contributed by atoms with Gasteiger partial charge in [-0.2, -0.15) is 0 Å². The monoisotopic (exact) mass is 470 g/mol. The van der Waals surface area contributed by atoms with Gasteiger partial charge in [-0.1, -0.05) is 18.2 Å². The van der Waals surface area contributed by atoms with E-state index in [0.717, 1.165) is 27.8 Å². The fraction of sp³-hybridized carbons (Fsp3) is 0.241. The standard InChI is InChI=1S/C29H30N2O4/c1-19-5-11-24(15-20(19)2)30-28(32)18-31-27-17-26(35-4)14-10-22(27)16-23(29(31)33)9-6-21-7-12-25(34-3)13-8-21/h5,7-8,10-17H,6,9,18H2,1-4H3,(H,30,32). The Labute approximate surface area is 205 Å². The van der Waals surface area contributed by atoms with Gasteiger partial charge in [-0.05, 0) is 91.2 Å². The summed E-state index contributed by atoms with van der Waals surface area (Å²) in [6, 6.07) is 21.1. The molecule has 1 aromatic heterocycles. The number of rotatable bonds is 8. The third-order valence-electron chi connectivity index (χ3n) is 6.31. The van der Waals surface area contributed by atoms with Crippen LogP contribution in [0.5, 0.6) is 11.5 Å². The molecule has 0 unspecified atom stereocenters. The van der Waals surface area contributed by atoms with E-state index in [2.05, 4.69) is 5.32 Å². The van der Waals surface area contributed by atoms with Crippen molar-refractivity contribution in [3.8, 4) is 11.5 Å². The lowest BCUT2D eigenvalue weighted by atomic mass is 10.0. The van der Waals surface area contributed by atoms with Crippen LogP contribution in [0, 0.1) is 13.8 Å². The van der Waals surface area contributed by atoms with Crippen molar-refractivity contribution in [2.45, 2.75) is 33.2 Å². The van der Waals surface area contributed by atoms with E-state index in [4.69, 9.17) is 9.47 Å². The molecule has 0 aliphatic rings. The summed E-state index contributed by atoms with van der Waals surface area (Å²) >= 11 is 0. The molecule has 0 atom stereocenters. The topological polar surface area (TPSA) is 69.6 Å². The number of hydrogen-bond acceptors (Lipinski definition) is 4. The number of carbonyl (C=O) groups is 1. The molecule has 1 amide bonds. The summed E-state index contributed by atoms with van der Waals surface area (Å²) in [5.41, 5.74) is 5.23. The second-order valence-electron chi connectivity index (χ2n) is 8.68. The van der Waals surface area contributed by atoms with Gasteiger partial charge in [-0.15, -0.1) is 0 Å². The molecule has 0 spiro atoms. The lowest BCUT2D eigenvalue weighted by Crippen LogP contribution is -2.30. The Hall–Kier alpha value is -4.06. The summed E-state index contributed by atoms with van der Waals surface area (Å²) in [7, 11) is 3.22. The van der Waals surface area contributed by atoms with Crippen LogP contribution in [0.25, 0.3) is 10.9 Å². The van der Waals surface area contributed by atoms with Gasteiger partial charge >= 0.3 is 0 Å². The van der Waals surface area contributed by atoms with E-state index in [1.165, 1.54) is 4.57 Å². The minimum absolute atomic E-state index is 0.0915. The zero-order chi connectivity index (χ0) is 24.9. The van der Waals surface area contributed by atoms with Crippen molar-refractivity contribution < 1.29 is 14.3 Å². The molecule has 1 heterocycles. The van der Waals surface area contributed by atoms with Crippen molar-refractivity contribution in [2.75, 3.05) is 19.5 Å². The van der Waals surface area contributed by atoms with Gasteiger partial charge in [0.1, 0.15) is 18.0 Å². The van der Waals surface area contributed by atoms with Gasteiger partial charge in [0.2, 0.25) is 5.91 Å². The zero-order valence-electron chi connectivity index (χ0n) is 20.6. The van der Waals surface area contributed by atoms with Crippen molar-refractivity contribution in [1.82, 2.24) is 4.57 Å². The number of nitrogens with one attached hydrogen (secondary N) is 1. The quantitative estimate of drug-likeness (QED) is 0.391. The maximum atomic E-state index is 13.5. The first-order chi connectivity index (χ1) is 16.9. The van der Waals surface area contributed by atoms with E-state index in [0.29, 0.717) is 35.4 Å². The number of amides is 1. The minimum atomic E-state index is -0.258. The highest BCUT2D eigenvalue weighted by Crippen LogP contribution is 2.22. The van der Waals surface area contributed by atoms with E-state index in [-0.39, 0.29) is 18.0 Å². The zero-order valence-corrected chi connectivity index (χ0v) is 20.6. The molecule has 0 saturated carbocycles. The number of carbonyl (C=O) groups excluding carboxylic acids is 1. The smallest absolute Gasteiger partial charge is 0.254 e.